The average molecular weight is 189 g/mol. The lowest BCUT2D eigenvalue weighted by Gasteiger charge is -2.24. The highest BCUT2D eigenvalue weighted by atomic mass is 16.4. The molecule has 0 unspecified atom stereocenters. The van der Waals surface area contributed by atoms with E-state index in [1.807, 2.05) is 0 Å². The highest BCUT2D eigenvalue weighted by Crippen LogP contribution is 1.89. The molecular formula is C7H15N3O3. The van der Waals surface area contributed by atoms with Crippen LogP contribution in [0.5, 0.6) is 0 Å². The van der Waals surface area contributed by atoms with Gasteiger partial charge in [0.05, 0.1) is 0 Å². The normalized spacial score (nSPS) is 9.46. The van der Waals surface area contributed by atoms with Crippen molar-refractivity contribution < 1.29 is 14.7 Å². The fourth-order valence-electron chi connectivity index (χ4n) is 0.719. The topological polar surface area (TPSA) is 72.9 Å². The summed E-state index contributed by atoms with van der Waals surface area (Å²) < 4.78 is 0. The van der Waals surface area contributed by atoms with Gasteiger partial charge in [0.15, 0.2) is 0 Å². The third-order valence-corrected chi connectivity index (χ3v) is 1.35. The SMILES string of the molecule is CCN(NCC(=O)O)C(=O)N(C)C. The van der Waals surface area contributed by atoms with Gasteiger partial charge >= 0.3 is 12.0 Å². The van der Waals surface area contributed by atoms with Crippen LogP contribution in [0.1, 0.15) is 6.92 Å². The van der Waals surface area contributed by atoms with Crippen LogP contribution in [0, 0.1) is 0 Å². The molecule has 0 aliphatic carbocycles. The maximum absolute atomic E-state index is 11.3. The second kappa shape index (κ2) is 5.36. The van der Waals surface area contributed by atoms with Crippen molar-refractivity contribution in [2.24, 2.45) is 0 Å². The van der Waals surface area contributed by atoms with Crippen molar-refractivity contribution in [2.45, 2.75) is 6.92 Å². The van der Waals surface area contributed by atoms with Crippen LogP contribution < -0.4 is 5.43 Å². The third-order valence-electron chi connectivity index (χ3n) is 1.35. The molecular weight excluding hydrogens is 174 g/mol. The van der Waals surface area contributed by atoms with Gasteiger partial charge in [-0.1, -0.05) is 0 Å². The molecule has 0 rings (SSSR count). The predicted octanol–water partition coefficient (Wildman–Crippen LogP) is -0.421. The summed E-state index contributed by atoms with van der Waals surface area (Å²) in [4.78, 5) is 22.9. The van der Waals surface area contributed by atoms with E-state index in [9.17, 15) is 9.59 Å². The molecule has 0 aliphatic heterocycles. The van der Waals surface area contributed by atoms with Crippen molar-refractivity contribution in [2.75, 3.05) is 27.2 Å². The zero-order valence-corrected chi connectivity index (χ0v) is 8.07. The number of nitrogens with zero attached hydrogens (tertiary/aromatic N) is 2. The smallest absolute Gasteiger partial charge is 0.333 e. The first-order valence-corrected chi connectivity index (χ1v) is 3.93. The van der Waals surface area contributed by atoms with E-state index in [0.29, 0.717) is 6.54 Å². The number of rotatable bonds is 4. The number of amides is 2. The molecule has 0 radical (unpaired) electrons. The molecule has 6 nitrogen and oxygen atoms in total. The number of carbonyl (C=O) groups is 2. The predicted molar refractivity (Wildman–Crippen MR) is 47.1 cm³/mol. The molecule has 0 aromatic heterocycles. The summed E-state index contributed by atoms with van der Waals surface area (Å²) in [5, 5.41) is 9.61. The van der Waals surface area contributed by atoms with E-state index in [1.165, 1.54) is 9.91 Å². The fourth-order valence-corrected chi connectivity index (χ4v) is 0.719. The molecule has 2 amide bonds. The second-order valence-electron chi connectivity index (χ2n) is 2.65. The van der Waals surface area contributed by atoms with E-state index in [-0.39, 0.29) is 12.6 Å². The van der Waals surface area contributed by atoms with E-state index >= 15 is 0 Å². The van der Waals surface area contributed by atoms with Crippen molar-refractivity contribution in [1.82, 2.24) is 15.3 Å². The van der Waals surface area contributed by atoms with Crippen LogP contribution in [-0.4, -0.2) is 54.2 Å². The monoisotopic (exact) mass is 189 g/mol. The molecule has 2 N–H and O–H groups in total. The molecule has 0 bridgehead atoms. The number of urea groups is 1. The van der Waals surface area contributed by atoms with Gasteiger partial charge in [0.25, 0.3) is 0 Å². The molecule has 6 heteroatoms. The lowest BCUT2D eigenvalue weighted by atomic mass is 10.6. The van der Waals surface area contributed by atoms with Gasteiger partial charge in [-0.2, -0.15) is 0 Å². The summed E-state index contributed by atoms with van der Waals surface area (Å²) in [5.74, 6) is -0.995. The van der Waals surface area contributed by atoms with E-state index < -0.39 is 5.97 Å². The van der Waals surface area contributed by atoms with Crippen molar-refractivity contribution in [3.05, 3.63) is 0 Å². The maximum atomic E-state index is 11.3. The van der Waals surface area contributed by atoms with E-state index in [0.717, 1.165) is 0 Å². The molecule has 0 saturated heterocycles. The Morgan fingerprint density at radius 2 is 1.92 bits per heavy atom. The van der Waals surface area contributed by atoms with Crippen LogP contribution in [0.3, 0.4) is 0 Å². The summed E-state index contributed by atoms with van der Waals surface area (Å²) in [7, 11) is 3.21. The zero-order valence-electron chi connectivity index (χ0n) is 8.07. The van der Waals surface area contributed by atoms with Gasteiger partial charge in [-0.3, -0.25) is 9.80 Å². The molecule has 76 valence electrons. The number of aliphatic carboxylic acids is 1. The number of hydrogen-bond acceptors (Lipinski definition) is 3. The Labute approximate surface area is 77.1 Å². The van der Waals surface area contributed by atoms with Crippen LogP contribution in [0.2, 0.25) is 0 Å². The Bertz CT molecular complexity index is 193. The largest absolute Gasteiger partial charge is 0.480 e. The minimum absolute atomic E-state index is 0.257. The molecule has 0 spiro atoms. The fraction of sp³-hybridized carbons (Fsp3) is 0.714. The minimum atomic E-state index is -0.995. The van der Waals surface area contributed by atoms with Gasteiger partial charge in [0.2, 0.25) is 0 Å². The summed E-state index contributed by atoms with van der Waals surface area (Å²) in [5.41, 5.74) is 2.49. The Hall–Kier alpha value is -1.30. The first-order valence-electron chi connectivity index (χ1n) is 3.93. The molecule has 13 heavy (non-hydrogen) atoms. The van der Waals surface area contributed by atoms with Gasteiger partial charge in [-0.15, -0.1) is 0 Å². The Morgan fingerprint density at radius 1 is 1.38 bits per heavy atom. The van der Waals surface area contributed by atoms with E-state index in [1.54, 1.807) is 21.0 Å². The maximum Gasteiger partial charge on any atom is 0.333 e. The molecule has 0 fully saturated rings. The minimum Gasteiger partial charge on any atom is -0.480 e. The molecule has 0 aromatic rings. The summed E-state index contributed by atoms with van der Waals surface area (Å²) in [6, 6.07) is -0.260. The summed E-state index contributed by atoms with van der Waals surface area (Å²) in [6.07, 6.45) is 0. The zero-order chi connectivity index (χ0) is 10.4. The van der Waals surface area contributed by atoms with Crippen molar-refractivity contribution in [3.8, 4) is 0 Å². The van der Waals surface area contributed by atoms with Crippen LogP contribution in [-0.2, 0) is 4.79 Å². The lowest BCUT2D eigenvalue weighted by Crippen LogP contribution is -2.49. The Morgan fingerprint density at radius 3 is 2.23 bits per heavy atom. The molecule has 0 aromatic carbocycles. The van der Waals surface area contributed by atoms with Gasteiger partial charge < -0.3 is 10.0 Å². The Balaban J connectivity index is 4.02. The quantitative estimate of drug-likeness (QED) is 0.589. The third kappa shape index (κ3) is 4.32. The number of carboxylic acid groups (broad SMARTS) is 1. The molecule has 0 heterocycles. The second-order valence-corrected chi connectivity index (χ2v) is 2.65. The summed E-state index contributed by atoms with van der Waals surface area (Å²) >= 11 is 0. The van der Waals surface area contributed by atoms with Gasteiger partial charge in [-0.05, 0) is 6.92 Å². The van der Waals surface area contributed by atoms with Gasteiger partial charge in [0.1, 0.15) is 6.54 Å². The highest BCUT2D eigenvalue weighted by Gasteiger charge is 2.13. The molecule has 0 aliphatic rings. The Kier molecular flexibility index (Phi) is 4.83. The average Bonchev–Trinajstić information content (AvgIpc) is 2.04. The number of nitrogens with one attached hydrogen (secondary N) is 1. The lowest BCUT2D eigenvalue weighted by molar-refractivity contribution is -0.136. The van der Waals surface area contributed by atoms with Crippen molar-refractivity contribution >= 4 is 12.0 Å². The first kappa shape index (κ1) is 11.7. The van der Waals surface area contributed by atoms with Crippen LogP contribution in [0.15, 0.2) is 0 Å². The molecule has 0 saturated carbocycles. The van der Waals surface area contributed by atoms with Crippen LogP contribution >= 0.6 is 0 Å². The van der Waals surface area contributed by atoms with Crippen molar-refractivity contribution in [1.29, 1.82) is 0 Å². The number of hydrazine groups is 1. The number of carbonyl (C=O) groups excluding carboxylic acids is 1. The summed E-state index contributed by atoms with van der Waals surface area (Å²) in [6.45, 7) is 1.92. The van der Waals surface area contributed by atoms with Crippen LogP contribution in [0.4, 0.5) is 4.79 Å². The first-order chi connectivity index (χ1) is 5.99. The van der Waals surface area contributed by atoms with E-state index in [2.05, 4.69) is 5.43 Å². The standard InChI is InChI=1S/C7H15N3O3/c1-4-10(7(13)9(2)3)8-5-6(11)12/h8H,4-5H2,1-3H3,(H,11,12). The molecule has 0 atom stereocenters. The number of hydrogen-bond donors (Lipinski definition) is 2. The highest BCUT2D eigenvalue weighted by molar-refractivity contribution is 5.74. The number of carboxylic acids is 1. The van der Waals surface area contributed by atoms with Gasteiger partial charge in [-0.25, -0.2) is 10.2 Å². The van der Waals surface area contributed by atoms with Gasteiger partial charge in [0, 0.05) is 20.6 Å². The van der Waals surface area contributed by atoms with E-state index in [4.69, 9.17) is 5.11 Å². The van der Waals surface area contributed by atoms with Crippen molar-refractivity contribution in [3.63, 3.8) is 0 Å². The van der Waals surface area contributed by atoms with Crippen LogP contribution in [0.25, 0.3) is 0 Å².